The van der Waals surface area contributed by atoms with E-state index in [1.807, 2.05) is 12.1 Å². The molecule has 2 saturated heterocycles. The smallest absolute Gasteiger partial charge is 0.252 e. The van der Waals surface area contributed by atoms with Crippen molar-refractivity contribution in [2.24, 2.45) is 35.0 Å². The van der Waals surface area contributed by atoms with Crippen molar-refractivity contribution in [2.75, 3.05) is 32.7 Å². The van der Waals surface area contributed by atoms with Gasteiger partial charge < -0.3 is 10.6 Å². The highest BCUT2D eigenvalue weighted by molar-refractivity contribution is 6.33. The van der Waals surface area contributed by atoms with Gasteiger partial charge in [-0.05, 0) is 111 Å². The van der Waals surface area contributed by atoms with Gasteiger partial charge in [0.25, 0.3) is 5.91 Å². The van der Waals surface area contributed by atoms with Crippen molar-refractivity contribution < 1.29 is 4.79 Å². The number of nitrogens with zero attached hydrogens (tertiary/aromatic N) is 1. The molecule has 0 aromatic heterocycles. The third-order valence-corrected chi connectivity index (χ3v) is 9.37. The molecule has 6 fully saturated rings. The Labute approximate surface area is 191 Å². The predicted octanol–water partition coefficient (Wildman–Crippen LogP) is 4.33. The first kappa shape index (κ1) is 20.5. The monoisotopic (exact) mass is 441 g/mol. The van der Waals surface area contributed by atoms with E-state index in [-0.39, 0.29) is 5.91 Å². The molecule has 6 bridgehead atoms. The van der Waals surface area contributed by atoms with E-state index in [9.17, 15) is 4.79 Å². The quantitative estimate of drug-likeness (QED) is 0.714. The van der Waals surface area contributed by atoms with Gasteiger partial charge in [-0.25, -0.2) is 0 Å². The van der Waals surface area contributed by atoms with Gasteiger partial charge in [0.2, 0.25) is 0 Å². The minimum Gasteiger partial charge on any atom is -0.351 e. The van der Waals surface area contributed by atoms with Crippen LogP contribution in [-0.4, -0.2) is 43.5 Å². The van der Waals surface area contributed by atoms with Crippen molar-refractivity contribution in [2.45, 2.75) is 51.5 Å². The van der Waals surface area contributed by atoms with E-state index >= 15 is 0 Å². The maximum Gasteiger partial charge on any atom is 0.252 e. The molecule has 2 heterocycles. The van der Waals surface area contributed by atoms with E-state index < -0.39 is 0 Å². The summed E-state index contributed by atoms with van der Waals surface area (Å²) in [6.45, 7) is 6.34. The van der Waals surface area contributed by atoms with Gasteiger partial charge in [0.1, 0.15) is 0 Å². The first-order chi connectivity index (χ1) is 15.0. The first-order valence-corrected chi connectivity index (χ1v) is 12.9. The molecule has 2 unspecified atom stereocenters. The maximum absolute atomic E-state index is 13.1. The number of rotatable bonds is 5. The summed E-state index contributed by atoms with van der Waals surface area (Å²) < 4.78 is 0. The van der Waals surface area contributed by atoms with Crippen LogP contribution < -0.4 is 10.6 Å². The summed E-state index contributed by atoms with van der Waals surface area (Å²) in [7, 11) is 0. The molecule has 0 spiro atoms. The fraction of sp³-hybridized carbons (Fsp3) is 0.731. The first-order valence-electron chi connectivity index (χ1n) is 12.5. The van der Waals surface area contributed by atoms with Crippen LogP contribution in [0.5, 0.6) is 0 Å². The van der Waals surface area contributed by atoms with Crippen molar-refractivity contribution in [1.29, 1.82) is 0 Å². The van der Waals surface area contributed by atoms with E-state index in [4.69, 9.17) is 11.6 Å². The van der Waals surface area contributed by atoms with Crippen molar-refractivity contribution in [1.82, 2.24) is 15.5 Å². The average Bonchev–Trinajstić information content (AvgIpc) is 2.72. The molecule has 31 heavy (non-hydrogen) atoms. The topological polar surface area (TPSA) is 44.4 Å². The van der Waals surface area contributed by atoms with Gasteiger partial charge in [-0.15, -0.1) is 0 Å². The zero-order valence-corrected chi connectivity index (χ0v) is 19.3. The van der Waals surface area contributed by atoms with Crippen LogP contribution in [0, 0.1) is 35.0 Å². The predicted molar refractivity (Wildman–Crippen MR) is 124 cm³/mol. The number of nitrogens with one attached hydrogen (secondary N) is 2. The van der Waals surface area contributed by atoms with Gasteiger partial charge in [-0.1, -0.05) is 17.7 Å². The van der Waals surface area contributed by atoms with Gasteiger partial charge in [0.05, 0.1) is 10.6 Å². The molecule has 2 atom stereocenters. The summed E-state index contributed by atoms with van der Waals surface area (Å²) in [6, 6.07) is 6.06. The summed E-state index contributed by atoms with van der Waals surface area (Å²) in [5.74, 6) is 4.28. The number of hydrogen-bond acceptors (Lipinski definition) is 3. The van der Waals surface area contributed by atoms with Crippen LogP contribution in [0.4, 0.5) is 0 Å². The average molecular weight is 442 g/mol. The van der Waals surface area contributed by atoms with Crippen LogP contribution in [-0.2, 0) is 6.54 Å². The third kappa shape index (κ3) is 4.16. The Kier molecular flexibility index (Phi) is 5.32. The van der Waals surface area contributed by atoms with Crippen LogP contribution in [0.25, 0.3) is 0 Å². The SMILES string of the molecule is O=C(NCC12CC3CC(CC(C3)C1)C2)c1cc(CN2CC3CNCC(C3)C2)ccc1Cl. The number of amides is 1. The lowest BCUT2D eigenvalue weighted by Gasteiger charge is -2.56. The highest BCUT2D eigenvalue weighted by Crippen LogP contribution is 2.59. The molecule has 4 aliphatic carbocycles. The number of likely N-dealkylation sites (tertiary alicyclic amines) is 1. The summed E-state index contributed by atoms with van der Waals surface area (Å²) in [5.41, 5.74) is 2.22. The second-order valence-electron chi connectivity index (χ2n) is 11.7. The third-order valence-electron chi connectivity index (χ3n) is 9.04. The van der Waals surface area contributed by atoms with Crippen LogP contribution in [0.15, 0.2) is 18.2 Å². The van der Waals surface area contributed by atoms with Crippen LogP contribution in [0.2, 0.25) is 5.02 Å². The minimum absolute atomic E-state index is 0.0160. The number of carbonyl (C=O) groups is 1. The van der Waals surface area contributed by atoms with Crippen molar-refractivity contribution in [3.63, 3.8) is 0 Å². The van der Waals surface area contributed by atoms with E-state index in [1.54, 1.807) is 0 Å². The molecule has 2 aliphatic heterocycles. The number of carbonyl (C=O) groups excluding carboxylic acids is 1. The molecule has 1 aromatic carbocycles. The number of hydrogen-bond donors (Lipinski definition) is 2. The molecule has 168 valence electrons. The highest BCUT2D eigenvalue weighted by atomic mass is 35.5. The van der Waals surface area contributed by atoms with Crippen LogP contribution >= 0.6 is 11.6 Å². The summed E-state index contributed by atoms with van der Waals surface area (Å²) >= 11 is 6.48. The lowest BCUT2D eigenvalue weighted by Crippen LogP contribution is -2.51. The Morgan fingerprint density at radius 1 is 1.00 bits per heavy atom. The Balaban J connectivity index is 1.11. The Morgan fingerprint density at radius 3 is 2.26 bits per heavy atom. The molecule has 1 aromatic rings. The molecule has 7 rings (SSSR count). The van der Waals surface area contributed by atoms with Crippen molar-refractivity contribution >= 4 is 17.5 Å². The summed E-state index contributed by atoms with van der Waals surface area (Å²) in [6.07, 6.45) is 9.64. The van der Waals surface area contributed by atoms with Gasteiger partial charge in [-0.3, -0.25) is 9.69 Å². The fourth-order valence-electron chi connectivity index (χ4n) is 8.31. The van der Waals surface area contributed by atoms with Gasteiger partial charge >= 0.3 is 0 Å². The van der Waals surface area contributed by atoms with Gasteiger partial charge in [0, 0.05) is 26.2 Å². The highest BCUT2D eigenvalue weighted by Gasteiger charge is 2.50. The van der Waals surface area contributed by atoms with Crippen molar-refractivity contribution in [3.05, 3.63) is 34.3 Å². The van der Waals surface area contributed by atoms with Crippen molar-refractivity contribution in [3.8, 4) is 0 Å². The second kappa shape index (κ2) is 8.04. The second-order valence-corrected chi connectivity index (χ2v) is 12.1. The fourth-order valence-corrected chi connectivity index (χ4v) is 8.52. The van der Waals surface area contributed by atoms with Crippen LogP contribution in [0.1, 0.15) is 60.9 Å². The molecule has 4 saturated carbocycles. The van der Waals surface area contributed by atoms with E-state index in [1.165, 1.54) is 50.5 Å². The number of piperidine rings is 2. The molecule has 0 radical (unpaired) electrons. The Hall–Kier alpha value is -1.10. The molecule has 2 N–H and O–H groups in total. The molecule has 5 heteroatoms. The standard InChI is InChI=1S/C26H36ClN3O/c27-24-2-1-17(13-30-14-21-6-22(15-30)12-28-11-21)7-23(24)25(31)29-16-26-8-18-3-19(9-26)5-20(4-18)10-26/h1-2,7,18-22,28H,3-6,8-16H2,(H,29,31). The largest absolute Gasteiger partial charge is 0.351 e. The number of fused-ring (bicyclic) bond motifs is 2. The molecular formula is C26H36ClN3O. The zero-order valence-electron chi connectivity index (χ0n) is 18.5. The summed E-state index contributed by atoms with van der Waals surface area (Å²) in [4.78, 5) is 15.7. The maximum atomic E-state index is 13.1. The Bertz CT molecular complexity index is 808. The van der Waals surface area contributed by atoms with Gasteiger partial charge in [-0.2, -0.15) is 0 Å². The van der Waals surface area contributed by atoms with E-state index in [0.717, 1.165) is 68.9 Å². The molecule has 4 nitrogen and oxygen atoms in total. The number of halogens is 1. The normalized spacial score (nSPS) is 38.9. The van der Waals surface area contributed by atoms with E-state index in [2.05, 4.69) is 21.6 Å². The zero-order chi connectivity index (χ0) is 21.0. The Morgan fingerprint density at radius 2 is 1.61 bits per heavy atom. The molecule has 6 aliphatic rings. The molecule has 1 amide bonds. The summed E-state index contributed by atoms with van der Waals surface area (Å²) in [5, 5.41) is 7.46. The molecular weight excluding hydrogens is 406 g/mol. The minimum atomic E-state index is 0.0160. The van der Waals surface area contributed by atoms with Crippen LogP contribution in [0.3, 0.4) is 0 Å². The lowest BCUT2D eigenvalue weighted by molar-refractivity contribution is -0.0503. The van der Waals surface area contributed by atoms with E-state index in [0.29, 0.717) is 16.0 Å². The van der Waals surface area contributed by atoms with Gasteiger partial charge in [0.15, 0.2) is 0 Å². The number of benzene rings is 1. The lowest BCUT2D eigenvalue weighted by atomic mass is 9.49.